The van der Waals surface area contributed by atoms with E-state index in [9.17, 15) is 4.39 Å². The molecule has 1 aliphatic rings. The van der Waals surface area contributed by atoms with E-state index < -0.39 is 0 Å². The van der Waals surface area contributed by atoms with Crippen molar-refractivity contribution in [2.75, 3.05) is 5.32 Å². The van der Waals surface area contributed by atoms with Gasteiger partial charge in [0.05, 0.1) is 28.6 Å². The van der Waals surface area contributed by atoms with Gasteiger partial charge in [-0.25, -0.2) is 9.37 Å². The van der Waals surface area contributed by atoms with Crippen molar-refractivity contribution in [3.05, 3.63) is 91.3 Å². The lowest BCUT2D eigenvalue weighted by atomic mass is 10.0. The van der Waals surface area contributed by atoms with E-state index in [1.807, 2.05) is 30.6 Å². The molecule has 0 spiro atoms. The minimum Gasteiger partial charge on any atom is -0.358 e. The minimum absolute atomic E-state index is 0.315. The van der Waals surface area contributed by atoms with Gasteiger partial charge in [-0.3, -0.25) is 15.1 Å². The highest BCUT2D eigenvalue weighted by molar-refractivity contribution is 5.97. The van der Waals surface area contributed by atoms with Crippen molar-refractivity contribution in [3.63, 3.8) is 0 Å². The topological polar surface area (TPSA) is 95.2 Å². The molecular formula is C31H26FN7. The summed E-state index contributed by atoms with van der Waals surface area (Å²) in [5, 5.41) is 12.1. The number of imidazole rings is 1. The van der Waals surface area contributed by atoms with Crippen LogP contribution in [0.25, 0.3) is 55.8 Å². The number of hydrogen-bond acceptors (Lipinski definition) is 5. The molecule has 0 aliphatic heterocycles. The number of pyridine rings is 2. The summed E-state index contributed by atoms with van der Waals surface area (Å²) in [6.07, 6.45) is 10.3. The van der Waals surface area contributed by atoms with Crippen LogP contribution in [-0.2, 0) is 0 Å². The number of hydrogen-bond donors (Lipinski definition) is 3. The standard InChI is InChI=1S/C31H26FN7/c1-18(19-5-2-3-6-19)35-24-14-22(16-33-17-24)20-9-10-26-25(15-20)29(39-38-26)31-36-27-11-12-34-28(30(27)37-31)21-7-4-8-23(32)13-21/h4,7-17,19,35H,1-3,5-6H2,(H,36,37)(H,38,39). The molecule has 0 radical (unpaired) electrons. The van der Waals surface area contributed by atoms with Crippen LogP contribution in [0.3, 0.4) is 0 Å². The Morgan fingerprint density at radius 3 is 2.69 bits per heavy atom. The van der Waals surface area contributed by atoms with Crippen LogP contribution in [0.15, 0.2) is 85.5 Å². The van der Waals surface area contributed by atoms with Crippen LogP contribution in [0, 0.1) is 11.7 Å². The predicted molar refractivity (Wildman–Crippen MR) is 152 cm³/mol. The number of fused-ring (bicyclic) bond motifs is 2. The van der Waals surface area contributed by atoms with Crippen LogP contribution in [0.5, 0.6) is 0 Å². The Bertz CT molecular complexity index is 1850. The summed E-state index contributed by atoms with van der Waals surface area (Å²) in [5.74, 6) is 0.823. The van der Waals surface area contributed by atoms with Crippen LogP contribution < -0.4 is 5.32 Å². The quantitative estimate of drug-likeness (QED) is 0.214. The molecule has 1 fully saturated rings. The van der Waals surface area contributed by atoms with Gasteiger partial charge in [-0.05, 0) is 60.7 Å². The number of anilines is 1. The van der Waals surface area contributed by atoms with Crippen LogP contribution in [0.2, 0.25) is 0 Å². The summed E-state index contributed by atoms with van der Waals surface area (Å²) in [6, 6.07) is 16.5. The average Bonchev–Trinajstić information content (AvgIpc) is 3.72. The smallest absolute Gasteiger partial charge is 0.159 e. The summed E-state index contributed by atoms with van der Waals surface area (Å²) < 4.78 is 13.9. The van der Waals surface area contributed by atoms with Crippen LogP contribution in [0.1, 0.15) is 25.7 Å². The molecule has 7 nitrogen and oxygen atoms in total. The third-order valence-electron chi connectivity index (χ3n) is 7.51. The molecule has 7 rings (SSSR count). The summed E-state index contributed by atoms with van der Waals surface area (Å²) >= 11 is 0. The van der Waals surface area contributed by atoms with E-state index in [1.54, 1.807) is 12.3 Å². The van der Waals surface area contributed by atoms with E-state index in [0.717, 1.165) is 38.9 Å². The van der Waals surface area contributed by atoms with E-state index in [1.165, 1.54) is 37.8 Å². The highest BCUT2D eigenvalue weighted by atomic mass is 19.1. The van der Waals surface area contributed by atoms with Gasteiger partial charge in [0.15, 0.2) is 5.82 Å². The molecular weight excluding hydrogens is 489 g/mol. The van der Waals surface area contributed by atoms with Crippen molar-refractivity contribution >= 4 is 27.6 Å². The molecule has 8 heteroatoms. The first-order chi connectivity index (χ1) is 19.1. The van der Waals surface area contributed by atoms with Gasteiger partial charge in [0.1, 0.15) is 17.0 Å². The second-order valence-corrected chi connectivity index (χ2v) is 10.1. The number of nitrogens with zero attached hydrogens (tertiary/aromatic N) is 4. The maximum absolute atomic E-state index is 13.9. The predicted octanol–water partition coefficient (Wildman–Crippen LogP) is 7.49. The molecule has 3 N–H and O–H groups in total. The monoisotopic (exact) mass is 515 g/mol. The Kier molecular flexibility index (Phi) is 5.65. The van der Waals surface area contributed by atoms with E-state index >= 15 is 0 Å². The number of halogens is 1. The number of aromatic nitrogens is 6. The molecule has 0 saturated heterocycles. The highest BCUT2D eigenvalue weighted by Gasteiger charge is 2.19. The van der Waals surface area contributed by atoms with Crippen molar-refractivity contribution in [2.24, 2.45) is 5.92 Å². The van der Waals surface area contributed by atoms with Gasteiger partial charge in [0, 0.05) is 34.6 Å². The maximum Gasteiger partial charge on any atom is 0.159 e. The molecule has 0 amide bonds. The summed E-state index contributed by atoms with van der Waals surface area (Å²) in [6.45, 7) is 4.28. The van der Waals surface area contributed by atoms with Crippen molar-refractivity contribution in [1.29, 1.82) is 0 Å². The van der Waals surface area contributed by atoms with Crippen LogP contribution in [0.4, 0.5) is 10.1 Å². The number of H-pyrrole nitrogens is 2. The molecule has 4 heterocycles. The van der Waals surface area contributed by atoms with Crippen molar-refractivity contribution < 1.29 is 4.39 Å². The summed E-state index contributed by atoms with van der Waals surface area (Å²) in [7, 11) is 0. The molecule has 2 aromatic carbocycles. The molecule has 0 bridgehead atoms. The third kappa shape index (κ3) is 4.33. The zero-order valence-corrected chi connectivity index (χ0v) is 21.2. The molecule has 1 saturated carbocycles. The lowest BCUT2D eigenvalue weighted by Crippen LogP contribution is -2.07. The summed E-state index contributed by atoms with van der Waals surface area (Å²) in [5.41, 5.74) is 8.37. The van der Waals surface area contributed by atoms with Gasteiger partial charge < -0.3 is 10.3 Å². The van der Waals surface area contributed by atoms with Gasteiger partial charge in [-0.15, -0.1) is 0 Å². The van der Waals surface area contributed by atoms with Crippen molar-refractivity contribution in [2.45, 2.75) is 25.7 Å². The minimum atomic E-state index is -0.315. The zero-order valence-electron chi connectivity index (χ0n) is 21.2. The zero-order chi connectivity index (χ0) is 26.3. The van der Waals surface area contributed by atoms with Gasteiger partial charge in [-0.2, -0.15) is 5.10 Å². The lowest BCUT2D eigenvalue weighted by molar-refractivity contribution is 0.628. The van der Waals surface area contributed by atoms with Crippen molar-refractivity contribution in [1.82, 2.24) is 30.1 Å². The second kappa shape index (κ2) is 9.47. The number of benzene rings is 2. The van der Waals surface area contributed by atoms with Crippen LogP contribution in [-0.4, -0.2) is 30.1 Å². The first-order valence-corrected chi connectivity index (χ1v) is 13.1. The fourth-order valence-electron chi connectivity index (χ4n) is 5.50. The number of allylic oxidation sites excluding steroid dienone is 1. The Balaban J connectivity index is 1.25. The van der Waals surface area contributed by atoms with Crippen LogP contribution >= 0.6 is 0 Å². The summed E-state index contributed by atoms with van der Waals surface area (Å²) in [4.78, 5) is 17.2. The lowest BCUT2D eigenvalue weighted by Gasteiger charge is -2.16. The largest absolute Gasteiger partial charge is 0.358 e. The Morgan fingerprint density at radius 1 is 0.923 bits per heavy atom. The van der Waals surface area contributed by atoms with Gasteiger partial charge in [0.2, 0.25) is 0 Å². The van der Waals surface area contributed by atoms with Gasteiger partial charge >= 0.3 is 0 Å². The van der Waals surface area contributed by atoms with E-state index in [-0.39, 0.29) is 5.82 Å². The second-order valence-electron chi connectivity index (χ2n) is 10.1. The molecule has 192 valence electrons. The highest BCUT2D eigenvalue weighted by Crippen LogP contribution is 2.34. The Labute approximate surface area is 224 Å². The Hall–Kier alpha value is -4.85. The van der Waals surface area contributed by atoms with Gasteiger partial charge in [0.25, 0.3) is 0 Å². The van der Waals surface area contributed by atoms with Gasteiger partial charge in [-0.1, -0.05) is 37.6 Å². The third-order valence-corrected chi connectivity index (χ3v) is 7.51. The van der Waals surface area contributed by atoms with E-state index in [4.69, 9.17) is 4.98 Å². The molecule has 0 atom stereocenters. The number of nitrogens with one attached hydrogen (secondary N) is 3. The molecule has 1 aliphatic carbocycles. The van der Waals surface area contributed by atoms with Crippen molar-refractivity contribution in [3.8, 4) is 33.9 Å². The van der Waals surface area contributed by atoms with E-state index in [0.29, 0.717) is 34.2 Å². The molecule has 4 aromatic heterocycles. The number of rotatable bonds is 6. The fraction of sp³-hybridized carbons (Fsp3) is 0.161. The van der Waals surface area contributed by atoms with E-state index in [2.05, 4.69) is 55.2 Å². The first kappa shape index (κ1) is 23.3. The fourth-order valence-corrected chi connectivity index (χ4v) is 5.50. The average molecular weight is 516 g/mol. The molecule has 0 unspecified atom stereocenters. The SMILES string of the molecule is C=C(Nc1cncc(-c2ccc3[nH]nc(-c4nc5c(-c6cccc(F)c6)nccc5[nH]4)c3c2)c1)C1CCCC1. The Morgan fingerprint density at radius 2 is 1.82 bits per heavy atom. The normalized spacial score (nSPS) is 13.9. The number of aromatic amines is 2. The molecule has 39 heavy (non-hydrogen) atoms. The first-order valence-electron chi connectivity index (χ1n) is 13.1. The molecule has 6 aromatic rings. The maximum atomic E-state index is 13.9.